The molecule has 0 fully saturated rings. The number of benzene rings is 3. The van der Waals surface area contributed by atoms with E-state index in [1.165, 1.54) is 4.57 Å². The van der Waals surface area contributed by atoms with Crippen molar-refractivity contribution in [1.29, 1.82) is 0 Å². The SMILES string of the molecule is CCCCCCC(=O)NCCC1=c2ccccc2=NC1=Cc1c(O)n(-c2cccc3ccccc23)c(=S)[nH]c1=O. The number of aromatic nitrogens is 2. The summed E-state index contributed by atoms with van der Waals surface area (Å²) in [4.78, 5) is 32.9. The van der Waals surface area contributed by atoms with E-state index >= 15 is 0 Å². The number of amides is 1. The molecule has 0 spiro atoms. The summed E-state index contributed by atoms with van der Waals surface area (Å²) in [5.41, 5.74) is 1.69. The van der Waals surface area contributed by atoms with Crippen molar-refractivity contribution in [3.05, 3.63) is 104 Å². The third-order valence-electron chi connectivity index (χ3n) is 7.14. The van der Waals surface area contributed by atoms with Gasteiger partial charge in [-0.2, -0.15) is 0 Å². The van der Waals surface area contributed by atoms with Gasteiger partial charge in [-0.25, -0.2) is 4.99 Å². The van der Waals surface area contributed by atoms with Crippen LogP contribution in [0.1, 0.15) is 51.0 Å². The maximum atomic E-state index is 13.1. The molecule has 0 saturated heterocycles. The van der Waals surface area contributed by atoms with Gasteiger partial charge in [-0.3, -0.25) is 19.1 Å². The molecule has 4 aromatic rings. The summed E-state index contributed by atoms with van der Waals surface area (Å²) in [5.74, 6) is -0.222. The molecule has 1 aromatic heterocycles. The van der Waals surface area contributed by atoms with E-state index in [-0.39, 0.29) is 22.1 Å². The number of nitrogens with zero attached hydrogens (tertiary/aromatic N) is 2. The number of hydrogen-bond donors (Lipinski definition) is 3. The Morgan fingerprint density at radius 3 is 2.67 bits per heavy atom. The van der Waals surface area contributed by atoms with Gasteiger partial charge in [0.15, 0.2) is 4.77 Å². The lowest BCUT2D eigenvalue weighted by Gasteiger charge is -2.14. The molecule has 204 valence electrons. The highest BCUT2D eigenvalue weighted by Gasteiger charge is 2.18. The van der Waals surface area contributed by atoms with E-state index in [9.17, 15) is 14.7 Å². The third kappa shape index (κ3) is 5.67. The van der Waals surface area contributed by atoms with E-state index in [4.69, 9.17) is 17.2 Å². The summed E-state index contributed by atoms with van der Waals surface area (Å²) in [5, 5.41) is 18.0. The molecule has 40 heavy (non-hydrogen) atoms. The van der Waals surface area contributed by atoms with Gasteiger partial charge in [0.05, 0.1) is 16.7 Å². The van der Waals surface area contributed by atoms with Crippen LogP contribution >= 0.6 is 12.2 Å². The Balaban J connectivity index is 1.50. The molecule has 0 radical (unpaired) electrons. The fourth-order valence-electron chi connectivity index (χ4n) is 5.10. The van der Waals surface area contributed by atoms with E-state index in [0.29, 0.717) is 30.8 Å². The normalized spacial score (nSPS) is 13.4. The van der Waals surface area contributed by atoms with Gasteiger partial charge < -0.3 is 10.4 Å². The molecule has 0 atom stereocenters. The van der Waals surface area contributed by atoms with Crippen molar-refractivity contribution >= 4 is 40.5 Å². The Morgan fingerprint density at radius 2 is 1.82 bits per heavy atom. The van der Waals surface area contributed by atoms with Crippen LogP contribution in [0.2, 0.25) is 0 Å². The maximum Gasteiger partial charge on any atom is 0.262 e. The fourth-order valence-corrected chi connectivity index (χ4v) is 5.38. The first kappa shape index (κ1) is 27.3. The van der Waals surface area contributed by atoms with E-state index < -0.39 is 5.56 Å². The standard InChI is InChI=1S/C32H32N4O3S/c1-2-3-4-5-17-29(37)33-19-18-24-23-14-8-9-15-26(23)34-27(24)20-25-30(38)35-32(40)36(31(25)39)28-16-10-12-21-11-6-7-13-22(21)28/h6-16,20,39H,2-5,17-19H2,1H3,(H,33,37)(H,35,38,40). The lowest BCUT2D eigenvalue weighted by molar-refractivity contribution is -0.121. The molecule has 2 heterocycles. The first-order valence-electron chi connectivity index (χ1n) is 13.7. The second-order valence-electron chi connectivity index (χ2n) is 9.88. The maximum absolute atomic E-state index is 13.1. The average Bonchev–Trinajstić information content (AvgIpc) is 3.30. The zero-order valence-corrected chi connectivity index (χ0v) is 23.3. The number of allylic oxidation sites excluding steroid dienone is 1. The Kier molecular flexibility index (Phi) is 8.36. The van der Waals surface area contributed by atoms with Crippen molar-refractivity contribution in [3.8, 4) is 11.6 Å². The Morgan fingerprint density at radius 1 is 1.05 bits per heavy atom. The summed E-state index contributed by atoms with van der Waals surface area (Å²) >= 11 is 5.48. The van der Waals surface area contributed by atoms with Crippen molar-refractivity contribution < 1.29 is 9.90 Å². The molecular formula is C32H32N4O3S. The number of hydrogen-bond acceptors (Lipinski definition) is 5. The van der Waals surface area contributed by atoms with Gasteiger partial charge in [0.1, 0.15) is 5.56 Å². The van der Waals surface area contributed by atoms with Gasteiger partial charge in [0.25, 0.3) is 5.56 Å². The smallest absolute Gasteiger partial charge is 0.262 e. The van der Waals surface area contributed by atoms with E-state index in [1.54, 1.807) is 6.08 Å². The molecule has 1 amide bonds. The highest BCUT2D eigenvalue weighted by atomic mass is 32.1. The molecule has 5 rings (SSSR count). The highest BCUT2D eigenvalue weighted by Crippen LogP contribution is 2.29. The zero-order valence-electron chi connectivity index (χ0n) is 22.4. The first-order chi connectivity index (χ1) is 19.5. The summed E-state index contributed by atoms with van der Waals surface area (Å²) < 4.78 is 1.57. The van der Waals surface area contributed by atoms with E-state index in [0.717, 1.165) is 52.6 Å². The predicted molar refractivity (Wildman–Crippen MR) is 161 cm³/mol. The fraction of sp³-hybridized carbons (Fsp3) is 0.250. The summed E-state index contributed by atoms with van der Waals surface area (Å²) in [7, 11) is 0. The number of unbranched alkanes of at least 4 members (excludes halogenated alkanes) is 3. The summed E-state index contributed by atoms with van der Waals surface area (Å²) in [6, 6.07) is 21.2. The number of rotatable bonds is 10. The van der Waals surface area contributed by atoms with Gasteiger partial charge in [-0.1, -0.05) is 80.8 Å². The first-order valence-corrected chi connectivity index (χ1v) is 14.1. The minimum absolute atomic E-state index is 0.0386. The molecule has 8 heteroatoms. The molecule has 1 aliphatic heterocycles. The van der Waals surface area contributed by atoms with Crippen LogP contribution in [-0.4, -0.2) is 27.1 Å². The van der Waals surface area contributed by atoms with Gasteiger partial charge >= 0.3 is 0 Å². The number of aromatic amines is 1. The van der Waals surface area contributed by atoms with Crippen molar-refractivity contribution in [2.75, 3.05) is 6.54 Å². The highest BCUT2D eigenvalue weighted by molar-refractivity contribution is 7.71. The number of H-pyrrole nitrogens is 1. The van der Waals surface area contributed by atoms with Gasteiger partial charge in [0, 0.05) is 23.6 Å². The quantitative estimate of drug-likeness (QED) is 0.189. The Bertz CT molecular complexity index is 1850. The number of aromatic hydroxyl groups is 1. The van der Waals surface area contributed by atoms with Gasteiger partial charge in [0.2, 0.25) is 11.8 Å². The van der Waals surface area contributed by atoms with Crippen LogP contribution in [0.15, 0.2) is 82.2 Å². The third-order valence-corrected chi connectivity index (χ3v) is 7.43. The van der Waals surface area contributed by atoms with Crippen LogP contribution in [0.4, 0.5) is 0 Å². The van der Waals surface area contributed by atoms with Crippen molar-refractivity contribution in [2.45, 2.75) is 45.4 Å². The number of carbonyl (C=O) groups is 1. The number of para-hydroxylation sites is 1. The summed E-state index contributed by atoms with van der Waals surface area (Å²) in [6.45, 7) is 2.60. The zero-order chi connectivity index (χ0) is 28.1. The molecule has 0 saturated carbocycles. The van der Waals surface area contributed by atoms with Crippen molar-refractivity contribution in [3.63, 3.8) is 0 Å². The molecule has 3 aromatic carbocycles. The van der Waals surface area contributed by atoms with Crippen LogP contribution in [0.25, 0.3) is 28.1 Å². The monoisotopic (exact) mass is 552 g/mol. The van der Waals surface area contributed by atoms with Gasteiger partial charge in [-0.15, -0.1) is 0 Å². The van der Waals surface area contributed by atoms with E-state index in [2.05, 4.69) is 17.2 Å². The van der Waals surface area contributed by atoms with Crippen LogP contribution in [0.3, 0.4) is 0 Å². The Hall–Kier alpha value is -4.30. The second kappa shape index (κ2) is 12.3. The molecule has 7 nitrogen and oxygen atoms in total. The number of carbonyl (C=O) groups excluding carboxylic acids is 1. The van der Waals surface area contributed by atoms with Gasteiger partial charge in [-0.05, 0) is 54.2 Å². The number of nitrogens with one attached hydrogen (secondary N) is 2. The van der Waals surface area contributed by atoms with E-state index in [1.807, 2.05) is 66.7 Å². The van der Waals surface area contributed by atoms with Crippen LogP contribution in [0, 0.1) is 4.77 Å². The molecular weight excluding hydrogens is 520 g/mol. The topological polar surface area (TPSA) is 99.5 Å². The largest absolute Gasteiger partial charge is 0.494 e. The summed E-state index contributed by atoms with van der Waals surface area (Å²) in [6.07, 6.45) is 6.87. The minimum atomic E-state index is -0.502. The predicted octanol–water partition coefficient (Wildman–Crippen LogP) is 5.06. The van der Waals surface area contributed by atoms with Crippen molar-refractivity contribution in [2.24, 2.45) is 4.99 Å². The number of fused-ring (bicyclic) bond motifs is 2. The lowest BCUT2D eigenvalue weighted by Crippen LogP contribution is -2.26. The van der Waals surface area contributed by atoms with Crippen LogP contribution in [-0.2, 0) is 4.79 Å². The molecule has 0 bridgehead atoms. The molecule has 0 unspecified atom stereocenters. The van der Waals surface area contributed by atoms with Crippen LogP contribution in [0.5, 0.6) is 5.88 Å². The second-order valence-corrected chi connectivity index (χ2v) is 10.3. The van der Waals surface area contributed by atoms with Crippen LogP contribution < -0.4 is 21.5 Å². The average molecular weight is 553 g/mol. The Labute approximate surface area is 237 Å². The molecule has 1 aliphatic rings. The lowest BCUT2D eigenvalue weighted by atomic mass is 10.1. The molecule has 0 aliphatic carbocycles. The van der Waals surface area contributed by atoms with Crippen molar-refractivity contribution in [1.82, 2.24) is 14.9 Å². The molecule has 3 N–H and O–H groups in total. The minimum Gasteiger partial charge on any atom is -0.494 e.